The Morgan fingerprint density at radius 2 is 2.08 bits per heavy atom. The molecule has 8 nitrogen and oxygen atoms in total. The molecular weight excluding hydrogens is 447 g/mol. The van der Waals surface area contributed by atoms with Crippen LogP contribution >= 0.6 is 24.0 Å². The number of morpholine rings is 1. The fourth-order valence-corrected chi connectivity index (χ4v) is 3.89. The summed E-state index contributed by atoms with van der Waals surface area (Å²) in [5, 5.41) is 12.0. The van der Waals surface area contributed by atoms with Crippen molar-refractivity contribution in [2.45, 2.75) is 57.9 Å². The number of aromatic nitrogens is 3. The van der Waals surface area contributed by atoms with Gasteiger partial charge in [0.15, 0.2) is 11.8 Å². The Bertz CT molecular complexity index is 616. The second-order valence-corrected chi connectivity index (χ2v) is 6.86. The van der Waals surface area contributed by atoms with E-state index in [4.69, 9.17) is 14.5 Å². The molecule has 1 N–H and O–H groups in total. The van der Waals surface area contributed by atoms with Crippen LogP contribution in [0.5, 0.6) is 0 Å². The molecule has 0 spiro atoms. The van der Waals surface area contributed by atoms with Crippen LogP contribution in [0.15, 0.2) is 4.99 Å². The molecule has 26 heavy (non-hydrogen) atoms. The maximum Gasteiger partial charge on any atom is 0.194 e. The lowest BCUT2D eigenvalue weighted by Crippen LogP contribution is -2.53. The Hall–Kier alpha value is -0.940. The van der Waals surface area contributed by atoms with E-state index in [-0.39, 0.29) is 36.2 Å². The Balaban J connectivity index is 0.00000196. The number of halogens is 1. The molecular formula is C17H29IN6O2. The van der Waals surface area contributed by atoms with Crippen LogP contribution in [-0.4, -0.2) is 70.7 Å². The highest BCUT2D eigenvalue weighted by atomic mass is 127. The average Bonchev–Trinajstić information content (AvgIpc) is 3.37. The van der Waals surface area contributed by atoms with E-state index in [1.165, 1.54) is 0 Å². The molecule has 1 aromatic rings. The van der Waals surface area contributed by atoms with E-state index in [9.17, 15) is 0 Å². The predicted octanol–water partition coefficient (Wildman–Crippen LogP) is 1.19. The molecule has 146 valence electrons. The Morgan fingerprint density at radius 3 is 2.88 bits per heavy atom. The number of nitrogens with zero attached hydrogens (tertiary/aromatic N) is 5. The first-order chi connectivity index (χ1) is 12.3. The van der Waals surface area contributed by atoms with Gasteiger partial charge >= 0.3 is 0 Å². The Kier molecular flexibility index (Phi) is 7.10. The van der Waals surface area contributed by atoms with Gasteiger partial charge in [-0.2, -0.15) is 0 Å². The predicted molar refractivity (Wildman–Crippen MR) is 109 cm³/mol. The molecule has 0 aliphatic carbocycles. The first-order valence-electron chi connectivity index (χ1n) is 9.52. The van der Waals surface area contributed by atoms with Crippen molar-refractivity contribution in [1.29, 1.82) is 0 Å². The normalized spacial score (nSPS) is 25.9. The molecule has 1 aromatic heterocycles. The van der Waals surface area contributed by atoms with E-state index in [2.05, 4.69) is 31.9 Å². The molecule has 9 heteroatoms. The zero-order chi connectivity index (χ0) is 17.1. The summed E-state index contributed by atoms with van der Waals surface area (Å²) in [6, 6.07) is 0. The summed E-state index contributed by atoms with van der Waals surface area (Å²) in [7, 11) is 0. The lowest BCUT2D eigenvalue weighted by atomic mass is 10.1. The second kappa shape index (κ2) is 9.32. The van der Waals surface area contributed by atoms with Gasteiger partial charge in [0.25, 0.3) is 0 Å². The molecule has 3 aliphatic heterocycles. The van der Waals surface area contributed by atoms with Crippen LogP contribution < -0.4 is 5.32 Å². The van der Waals surface area contributed by atoms with Gasteiger partial charge in [-0.05, 0) is 26.2 Å². The van der Waals surface area contributed by atoms with Gasteiger partial charge in [-0.25, -0.2) is 4.99 Å². The molecule has 2 atom stereocenters. The van der Waals surface area contributed by atoms with Crippen molar-refractivity contribution in [3.8, 4) is 0 Å². The smallest absolute Gasteiger partial charge is 0.194 e. The minimum absolute atomic E-state index is 0. The van der Waals surface area contributed by atoms with Gasteiger partial charge in [-0.3, -0.25) is 0 Å². The van der Waals surface area contributed by atoms with E-state index in [0.717, 1.165) is 82.7 Å². The molecule has 0 saturated carbocycles. The second-order valence-electron chi connectivity index (χ2n) is 6.86. The van der Waals surface area contributed by atoms with Crippen molar-refractivity contribution in [3.05, 3.63) is 11.6 Å². The summed E-state index contributed by atoms with van der Waals surface area (Å²) in [5.41, 5.74) is 0. The third-order valence-electron chi connectivity index (χ3n) is 5.16. The third kappa shape index (κ3) is 4.30. The molecule has 4 heterocycles. The number of fused-ring (bicyclic) bond motifs is 1. The van der Waals surface area contributed by atoms with Crippen molar-refractivity contribution in [2.24, 2.45) is 4.99 Å². The summed E-state index contributed by atoms with van der Waals surface area (Å²) in [6.45, 7) is 7.79. The van der Waals surface area contributed by atoms with Crippen LogP contribution in [0.25, 0.3) is 0 Å². The summed E-state index contributed by atoms with van der Waals surface area (Å²) in [5.74, 6) is 3.00. The number of aryl methyl sites for hydroxylation is 1. The molecule has 3 aliphatic rings. The number of ether oxygens (including phenoxy) is 2. The van der Waals surface area contributed by atoms with Crippen LogP contribution in [-0.2, 0) is 29.0 Å². The molecule has 2 unspecified atom stereocenters. The third-order valence-corrected chi connectivity index (χ3v) is 5.16. The quantitative estimate of drug-likeness (QED) is 0.400. The summed E-state index contributed by atoms with van der Waals surface area (Å²) >= 11 is 0. The number of hydrogen-bond acceptors (Lipinski definition) is 5. The van der Waals surface area contributed by atoms with Crippen molar-refractivity contribution in [1.82, 2.24) is 25.0 Å². The average molecular weight is 476 g/mol. The highest BCUT2D eigenvalue weighted by molar-refractivity contribution is 14.0. The zero-order valence-electron chi connectivity index (χ0n) is 15.4. The lowest BCUT2D eigenvalue weighted by molar-refractivity contribution is -0.0817. The molecule has 0 radical (unpaired) electrons. The Morgan fingerprint density at radius 1 is 1.19 bits per heavy atom. The van der Waals surface area contributed by atoms with E-state index in [0.29, 0.717) is 6.54 Å². The lowest BCUT2D eigenvalue weighted by Gasteiger charge is -2.37. The fraction of sp³-hybridized carbons (Fsp3) is 0.824. The monoisotopic (exact) mass is 476 g/mol. The summed E-state index contributed by atoms with van der Waals surface area (Å²) in [6.07, 6.45) is 4.79. The molecule has 0 bridgehead atoms. The largest absolute Gasteiger partial charge is 0.375 e. The van der Waals surface area contributed by atoms with Crippen molar-refractivity contribution >= 4 is 29.9 Å². The van der Waals surface area contributed by atoms with E-state index in [1.54, 1.807) is 0 Å². The molecule has 4 rings (SSSR count). The number of rotatable bonds is 4. The SMILES string of the molecule is CCNC(=NCc1nnc2n1CCC2)N1CCOC(C2CCCO2)C1.I. The number of hydrogen-bond donors (Lipinski definition) is 1. The number of aliphatic imine (C=N–C) groups is 1. The van der Waals surface area contributed by atoms with Crippen molar-refractivity contribution in [3.63, 3.8) is 0 Å². The van der Waals surface area contributed by atoms with Gasteiger partial charge in [0.1, 0.15) is 18.5 Å². The van der Waals surface area contributed by atoms with Gasteiger partial charge < -0.3 is 24.3 Å². The van der Waals surface area contributed by atoms with Crippen molar-refractivity contribution < 1.29 is 9.47 Å². The Labute approximate surface area is 171 Å². The van der Waals surface area contributed by atoms with E-state index >= 15 is 0 Å². The molecule has 0 amide bonds. The van der Waals surface area contributed by atoms with Crippen LogP contribution in [0.3, 0.4) is 0 Å². The highest BCUT2D eigenvalue weighted by Crippen LogP contribution is 2.21. The first-order valence-corrected chi connectivity index (χ1v) is 9.52. The number of guanidine groups is 1. The van der Waals surface area contributed by atoms with Crippen LogP contribution in [0.1, 0.15) is 37.8 Å². The van der Waals surface area contributed by atoms with E-state index in [1.807, 2.05) is 0 Å². The van der Waals surface area contributed by atoms with Gasteiger partial charge in [0, 0.05) is 39.2 Å². The van der Waals surface area contributed by atoms with Crippen molar-refractivity contribution in [2.75, 3.05) is 32.8 Å². The maximum absolute atomic E-state index is 5.96. The molecule has 0 aromatic carbocycles. The fourth-order valence-electron chi connectivity index (χ4n) is 3.89. The van der Waals surface area contributed by atoms with Crippen LogP contribution in [0.4, 0.5) is 0 Å². The maximum atomic E-state index is 5.96. The molecule has 2 fully saturated rings. The number of nitrogens with one attached hydrogen (secondary N) is 1. The van der Waals surface area contributed by atoms with Crippen LogP contribution in [0.2, 0.25) is 0 Å². The standard InChI is InChI=1S/C17H28N6O2.HI/c1-2-18-17(19-11-16-21-20-15-6-3-7-23(15)16)22-8-10-25-14(12-22)13-5-4-9-24-13;/h13-14H,2-12H2,1H3,(H,18,19);1H. The minimum Gasteiger partial charge on any atom is -0.375 e. The summed E-state index contributed by atoms with van der Waals surface area (Å²) < 4.78 is 14.0. The topological polar surface area (TPSA) is 76.8 Å². The van der Waals surface area contributed by atoms with Crippen LogP contribution in [0, 0.1) is 0 Å². The van der Waals surface area contributed by atoms with E-state index < -0.39 is 0 Å². The van der Waals surface area contributed by atoms with Gasteiger partial charge in [0.2, 0.25) is 0 Å². The molecule has 2 saturated heterocycles. The zero-order valence-corrected chi connectivity index (χ0v) is 17.7. The van der Waals surface area contributed by atoms with Gasteiger partial charge in [-0.1, -0.05) is 0 Å². The summed E-state index contributed by atoms with van der Waals surface area (Å²) in [4.78, 5) is 7.12. The first kappa shape index (κ1) is 19.8. The van der Waals surface area contributed by atoms with Gasteiger partial charge in [-0.15, -0.1) is 34.2 Å². The minimum atomic E-state index is 0. The van der Waals surface area contributed by atoms with Gasteiger partial charge in [0.05, 0.1) is 12.7 Å². The highest BCUT2D eigenvalue weighted by Gasteiger charge is 2.32.